The summed E-state index contributed by atoms with van der Waals surface area (Å²) in [5, 5.41) is 9.63. The smallest absolute Gasteiger partial charge is 0.313 e. The van der Waals surface area contributed by atoms with Gasteiger partial charge in [0.25, 0.3) is 0 Å². The minimum atomic E-state index is -0.829. The molecule has 0 aliphatic heterocycles. The van der Waals surface area contributed by atoms with Crippen LogP contribution in [-0.4, -0.2) is 26.4 Å². The monoisotopic (exact) mass is 304 g/mol. The lowest BCUT2D eigenvalue weighted by Crippen LogP contribution is -2.07. The third kappa shape index (κ3) is 3.47. The maximum absolute atomic E-state index is 10.8. The summed E-state index contributed by atoms with van der Waals surface area (Å²) in [7, 11) is 0. The number of aliphatic carboxylic acids is 1. The van der Waals surface area contributed by atoms with E-state index in [-0.39, 0.29) is 5.75 Å². The molecule has 2 rings (SSSR count). The Labute approximate surface area is 129 Å². The number of benzene rings is 1. The van der Waals surface area contributed by atoms with Gasteiger partial charge < -0.3 is 5.11 Å². The van der Waals surface area contributed by atoms with E-state index in [9.17, 15) is 4.79 Å². The number of aromatic nitrogens is 2. The van der Waals surface area contributed by atoms with Gasteiger partial charge in [0.15, 0.2) is 5.16 Å². The van der Waals surface area contributed by atoms with Crippen molar-refractivity contribution in [1.82, 2.24) is 9.55 Å². The molecule has 0 fully saturated rings. The number of thioether (sulfide) groups is 1. The summed E-state index contributed by atoms with van der Waals surface area (Å²) < 4.78 is 2.09. The Morgan fingerprint density at radius 1 is 1.38 bits per heavy atom. The summed E-state index contributed by atoms with van der Waals surface area (Å²) >= 11 is 1.26. The second-order valence-electron chi connectivity index (χ2n) is 5.12. The Morgan fingerprint density at radius 2 is 2.10 bits per heavy atom. The van der Waals surface area contributed by atoms with Crippen LogP contribution in [-0.2, 0) is 11.2 Å². The number of aryl methyl sites for hydroxylation is 1. The van der Waals surface area contributed by atoms with E-state index in [0.717, 1.165) is 23.0 Å². The SMILES string of the molecule is CCc1ccccc1-n1c(C(C)C)cnc1SCC(=O)O. The number of carboxylic acids is 1. The highest BCUT2D eigenvalue weighted by Crippen LogP contribution is 2.29. The lowest BCUT2D eigenvalue weighted by atomic mass is 10.1. The number of hydrogen-bond acceptors (Lipinski definition) is 3. The van der Waals surface area contributed by atoms with E-state index < -0.39 is 5.97 Å². The molecule has 1 heterocycles. The van der Waals surface area contributed by atoms with Crippen LogP contribution in [0.15, 0.2) is 35.6 Å². The highest BCUT2D eigenvalue weighted by Gasteiger charge is 2.17. The molecule has 4 nitrogen and oxygen atoms in total. The third-order valence-corrected chi connectivity index (χ3v) is 4.22. The van der Waals surface area contributed by atoms with Crippen LogP contribution in [0, 0.1) is 0 Å². The van der Waals surface area contributed by atoms with Gasteiger partial charge in [-0.3, -0.25) is 9.36 Å². The normalized spacial score (nSPS) is 11.0. The van der Waals surface area contributed by atoms with Gasteiger partial charge in [0.2, 0.25) is 0 Å². The minimum absolute atomic E-state index is 0.0167. The molecule has 0 aliphatic rings. The molecule has 1 aromatic heterocycles. The Bertz CT molecular complexity index is 635. The molecule has 1 N–H and O–H groups in total. The van der Waals surface area contributed by atoms with Gasteiger partial charge >= 0.3 is 5.97 Å². The zero-order valence-corrected chi connectivity index (χ0v) is 13.4. The first kappa shape index (κ1) is 15.6. The van der Waals surface area contributed by atoms with Crippen LogP contribution in [0.3, 0.4) is 0 Å². The second kappa shape index (κ2) is 6.80. The van der Waals surface area contributed by atoms with Crippen LogP contribution >= 0.6 is 11.8 Å². The van der Waals surface area contributed by atoms with E-state index in [1.807, 2.05) is 18.3 Å². The van der Waals surface area contributed by atoms with Crippen LogP contribution in [0.25, 0.3) is 5.69 Å². The van der Waals surface area contributed by atoms with Crippen LogP contribution in [0.4, 0.5) is 0 Å². The van der Waals surface area contributed by atoms with Crippen molar-refractivity contribution in [2.24, 2.45) is 0 Å². The van der Waals surface area contributed by atoms with E-state index >= 15 is 0 Å². The number of carbonyl (C=O) groups is 1. The fourth-order valence-electron chi connectivity index (χ4n) is 2.25. The fraction of sp³-hybridized carbons (Fsp3) is 0.375. The quantitative estimate of drug-likeness (QED) is 0.826. The molecular formula is C16H20N2O2S. The van der Waals surface area contributed by atoms with Crippen molar-refractivity contribution in [3.63, 3.8) is 0 Å². The summed E-state index contributed by atoms with van der Waals surface area (Å²) in [6.45, 7) is 6.36. The van der Waals surface area contributed by atoms with Crippen LogP contribution in [0.1, 0.15) is 37.9 Å². The summed E-state index contributed by atoms with van der Waals surface area (Å²) in [4.78, 5) is 15.3. The van der Waals surface area contributed by atoms with Crippen molar-refractivity contribution >= 4 is 17.7 Å². The Balaban J connectivity index is 2.53. The summed E-state index contributed by atoms with van der Waals surface area (Å²) in [5.74, 6) is -0.492. The van der Waals surface area contributed by atoms with E-state index in [1.54, 1.807) is 0 Å². The van der Waals surface area contributed by atoms with Crippen molar-refractivity contribution in [2.45, 2.75) is 38.3 Å². The largest absolute Gasteiger partial charge is 0.481 e. The summed E-state index contributed by atoms with van der Waals surface area (Å²) in [5.41, 5.74) is 3.42. The average Bonchev–Trinajstić information content (AvgIpc) is 2.88. The first-order chi connectivity index (χ1) is 10.0. The van der Waals surface area contributed by atoms with E-state index in [0.29, 0.717) is 5.92 Å². The molecule has 21 heavy (non-hydrogen) atoms. The van der Waals surface area contributed by atoms with Crippen molar-refractivity contribution in [3.05, 3.63) is 41.7 Å². The standard InChI is InChI=1S/C16H20N2O2S/c1-4-12-7-5-6-8-13(12)18-14(11(2)3)9-17-16(18)21-10-15(19)20/h5-9,11H,4,10H2,1-3H3,(H,19,20). The molecule has 2 aromatic rings. The molecule has 0 radical (unpaired) electrons. The fourth-order valence-corrected chi connectivity index (χ4v) is 2.97. The van der Waals surface area contributed by atoms with E-state index in [2.05, 4.69) is 42.5 Å². The zero-order chi connectivity index (χ0) is 15.4. The predicted octanol–water partition coefficient (Wildman–Crippen LogP) is 3.73. The van der Waals surface area contributed by atoms with Gasteiger partial charge in [0, 0.05) is 5.69 Å². The molecule has 0 unspecified atom stereocenters. The number of rotatable bonds is 6. The number of imidazole rings is 1. The molecular weight excluding hydrogens is 284 g/mol. The summed E-state index contributed by atoms with van der Waals surface area (Å²) in [6.07, 6.45) is 2.77. The topological polar surface area (TPSA) is 55.1 Å². The number of para-hydroxylation sites is 1. The van der Waals surface area contributed by atoms with Gasteiger partial charge in [0.1, 0.15) is 0 Å². The molecule has 1 aromatic carbocycles. The number of carboxylic acid groups (broad SMARTS) is 1. The molecule has 0 aliphatic carbocycles. The molecule has 0 atom stereocenters. The van der Waals surface area contributed by atoms with Crippen molar-refractivity contribution in [2.75, 3.05) is 5.75 Å². The number of nitrogens with zero attached hydrogens (tertiary/aromatic N) is 2. The predicted molar refractivity (Wildman–Crippen MR) is 85.4 cm³/mol. The van der Waals surface area contributed by atoms with Gasteiger partial charge in [-0.25, -0.2) is 4.98 Å². The third-order valence-electron chi connectivity index (χ3n) is 3.29. The van der Waals surface area contributed by atoms with Gasteiger partial charge in [0.05, 0.1) is 17.6 Å². The Morgan fingerprint density at radius 3 is 2.71 bits per heavy atom. The molecule has 0 amide bonds. The van der Waals surface area contributed by atoms with Gasteiger partial charge in [-0.15, -0.1) is 0 Å². The van der Waals surface area contributed by atoms with E-state index in [1.165, 1.54) is 17.3 Å². The molecule has 0 spiro atoms. The van der Waals surface area contributed by atoms with Crippen LogP contribution in [0.2, 0.25) is 0 Å². The number of hydrogen-bond donors (Lipinski definition) is 1. The van der Waals surface area contributed by atoms with Crippen LogP contribution in [0.5, 0.6) is 0 Å². The molecule has 112 valence electrons. The van der Waals surface area contributed by atoms with Crippen molar-refractivity contribution < 1.29 is 9.90 Å². The molecule has 0 saturated carbocycles. The van der Waals surface area contributed by atoms with Gasteiger partial charge in [-0.05, 0) is 24.0 Å². The molecule has 0 bridgehead atoms. The van der Waals surface area contributed by atoms with Crippen molar-refractivity contribution in [1.29, 1.82) is 0 Å². The molecule has 5 heteroatoms. The van der Waals surface area contributed by atoms with Gasteiger partial charge in [-0.1, -0.05) is 50.7 Å². The lowest BCUT2D eigenvalue weighted by Gasteiger charge is -2.16. The first-order valence-electron chi connectivity index (χ1n) is 7.05. The first-order valence-corrected chi connectivity index (χ1v) is 8.03. The van der Waals surface area contributed by atoms with Gasteiger partial charge in [-0.2, -0.15) is 0 Å². The second-order valence-corrected chi connectivity index (χ2v) is 6.06. The average molecular weight is 304 g/mol. The van der Waals surface area contributed by atoms with Crippen LogP contribution < -0.4 is 0 Å². The minimum Gasteiger partial charge on any atom is -0.481 e. The zero-order valence-electron chi connectivity index (χ0n) is 12.5. The van der Waals surface area contributed by atoms with Crippen molar-refractivity contribution in [3.8, 4) is 5.69 Å². The summed E-state index contributed by atoms with van der Waals surface area (Å²) in [6, 6.07) is 8.20. The maximum atomic E-state index is 10.8. The Kier molecular flexibility index (Phi) is 5.07. The highest BCUT2D eigenvalue weighted by atomic mass is 32.2. The lowest BCUT2D eigenvalue weighted by molar-refractivity contribution is -0.133. The Hall–Kier alpha value is -1.75. The molecule has 0 saturated heterocycles. The highest BCUT2D eigenvalue weighted by molar-refractivity contribution is 7.99. The van der Waals surface area contributed by atoms with E-state index in [4.69, 9.17) is 5.11 Å². The maximum Gasteiger partial charge on any atom is 0.313 e.